The Morgan fingerprint density at radius 2 is 2.11 bits per heavy atom. The lowest BCUT2D eigenvalue weighted by Gasteiger charge is -2.11. The molecule has 5 heteroatoms. The normalized spacial score (nSPS) is 12.2. The van der Waals surface area contributed by atoms with Gasteiger partial charge >= 0.3 is 0 Å². The summed E-state index contributed by atoms with van der Waals surface area (Å²) >= 11 is 1.54. The van der Waals surface area contributed by atoms with E-state index in [9.17, 15) is 4.79 Å². The van der Waals surface area contributed by atoms with Crippen molar-refractivity contribution >= 4 is 17.7 Å². The third-order valence-electron chi connectivity index (χ3n) is 2.45. The Morgan fingerprint density at radius 3 is 2.67 bits per heavy atom. The van der Waals surface area contributed by atoms with E-state index in [2.05, 4.69) is 5.32 Å². The summed E-state index contributed by atoms with van der Waals surface area (Å²) in [4.78, 5) is 12.8. The van der Waals surface area contributed by atoms with Gasteiger partial charge in [0.2, 0.25) is 5.91 Å². The van der Waals surface area contributed by atoms with Crippen molar-refractivity contribution in [1.82, 2.24) is 5.32 Å². The molecule has 18 heavy (non-hydrogen) atoms. The molecular formula is C13H20N2O2S. The number of nitrogens with one attached hydrogen (secondary N) is 1. The maximum atomic E-state index is 11.7. The van der Waals surface area contributed by atoms with Crippen molar-refractivity contribution in [3.8, 4) is 0 Å². The molecule has 0 heterocycles. The van der Waals surface area contributed by atoms with E-state index in [4.69, 9.17) is 10.5 Å². The molecule has 4 nitrogen and oxygen atoms in total. The molecule has 1 amide bonds. The number of carbonyl (C=O) groups excluding carboxylic acids is 1. The van der Waals surface area contributed by atoms with Crippen LogP contribution in [0, 0.1) is 0 Å². The van der Waals surface area contributed by atoms with Gasteiger partial charge in [-0.05, 0) is 24.6 Å². The smallest absolute Gasteiger partial charge is 0.233 e. The molecule has 0 spiro atoms. The average Bonchev–Trinajstić information content (AvgIpc) is 2.39. The van der Waals surface area contributed by atoms with Crippen LogP contribution in [0.4, 0.5) is 0 Å². The predicted octanol–water partition coefficient (Wildman–Crippen LogP) is 1.39. The maximum absolute atomic E-state index is 11.7. The number of nitrogens with two attached hydrogens (primary N) is 1. The van der Waals surface area contributed by atoms with Gasteiger partial charge in [0.05, 0.1) is 11.9 Å². The first-order valence-electron chi connectivity index (χ1n) is 5.89. The van der Waals surface area contributed by atoms with Crippen LogP contribution in [0.3, 0.4) is 0 Å². The van der Waals surface area contributed by atoms with E-state index in [-0.39, 0.29) is 11.2 Å². The summed E-state index contributed by atoms with van der Waals surface area (Å²) in [5.74, 6) is 0.0277. The summed E-state index contributed by atoms with van der Waals surface area (Å²) < 4.78 is 4.88. The molecule has 1 atom stereocenters. The van der Waals surface area contributed by atoms with Gasteiger partial charge in [0.1, 0.15) is 0 Å². The molecule has 1 aromatic rings. The van der Waals surface area contributed by atoms with Gasteiger partial charge in [0, 0.05) is 25.1 Å². The molecule has 3 N–H and O–H groups in total. The number of hydrogen-bond acceptors (Lipinski definition) is 4. The molecular weight excluding hydrogens is 248 g/mol. The summed E-state index contributed by atoms with van der Waals surface area (Å²) in [5, 5.41) is 2.70. The van der Waals surface area contributed by atoms with Crippen molar-refractivity contribution in [1.29, 1.82) is 0 Å². The zero-order valence-corrected chi connectivity index (χ0v) is 11.6. The topological polar surface area (TPSA) is 64.3 Å². The summed E-state index contributed by atoms with van der Waals surface area (Å²) in [7, 11) is 1.61. The first kappa shape index (κ1) is 15.0. The Bertz CT molecular complexity index is 368. The van der Waals surface area contributed by atoms with Gasteiger partial charge in [-0.1, -0.05) is 12.1 Å². The molecule has 0 bridgehead atoms. The molecule has 1 unspecified atom stereocenters. The number of amides is 1. The highest BCUT2D eigenvalue weighted by atomic mass is 32.2. The standard InChI is InChI=1S/C13H20N2O2S/c1-10(13(16)15-7-8-17-2)18-12-5-3-11(9-14)4-6-12/h3-6,10H,7-9,14H2,1-2H3,(H,15,16). The van der Waals surface area contributed by atoms with Crippen LogP contribution >= 0.6 is 11.8 Å². The van der Waals surface area contributed by atoms with Crippen molar-refractivity contribution in [2.45, 2.75) is 23.6 Å². The fourth-order valence-electron chi connectivity index (χ4n) is 1.38. The average molecular weight is 268 g/mol. The Balaban J connectivity index is 2.42. The first-order valence-corrected chi connectivity index (χ1v) is 6.77. The number of hydrogen-bond donors (Lipinski definition) is 2. The third-order valence-corrected chi connectivity index (χ3v) is 3.56. The maximum Gasteiger partial charge on any atom is 0.233 e. The van der Waals surface area contributed by atoms with Gasteiger partial charge < -0.3 is 15.8 Å². The largest absolute Gasteiger partial charge is 0.383 e. The van der Waals surface area contributed by atoms with Gasteiger partial charge in [-0.15, -0.1) is 11.8 Å². The number of methoxy groups -OCH3 is 1. The quantitative estimate of drug-likeness (QED) is 0.579. The number of carbonyl (C=O) groups is 1. The zero-order chi connectivity index (χ0) is 13.4. The van der Waals surface area contributed by atoms with Crippen molar-refractivity contribution in [2.24, 2.45) is 5.73 Å². The molecule has 0 saturated heterocycles. The number of ether oxygens (including phenoxy) is 1. The second-order valence-electron chi connectivity index (χ2n) is 3.89. The molecule has 0 aromatic heterocycles. The third kappa shape index (κ3) is 5.08. The lowest BCUT2D eigenvalue weighted by molar-refractivity contribution is -0.120. The van der Waals surface area contributed by atoms with Crippen LogP contribution in [0.15, 0.2) is 29.2 Å². The van der Waals surface area contributed by atoms with Crippen LogP contribution in [0.1, 0.15) is 12.5 Å². The van der Waals surface area contributed by atoms with Gasteiger partial charge in [0.25, 0.3) is 0 Å². The van der Waals surface area contributed by atoms with Gasteiger partial charge in [-0.25, -0.2) is 0 Å². The second-order valence-corrected chi connectivity index (χ2v) is 5.31. The fraction of sp³-hybridized carbons (Fsp3) is 0.462. The predicted molar refractivity (Wildman–Crippen MR) is 74.5 cm³/mol. The van der Waals surface area contributed by atoms with E-state index in [0.717, 1.165) is 10.5 Å². The molecule has 1 rings (SSSR count). The molecule has 0 fully saturated rings. The van der Waals surface area contributed by atoms with E-state index in [0.29, 0.717) is 19.7 Å². The van der Waals surface area contributed by atoms with Crippen molar-refractivity contribution < 1.29 is 9.53 Å². The second kappa shape index (κ2) is 8.13. The van der Waals surface area contributed by atoms with Gasteiger partial charge in [-0.3, -0.25) is 4.79 Å². The summed E-state index contributed by atoms with van der Waals surface area (Å²) in [6.07, 6.45) is 0. The molecule has 1 aromatic carbocycles. The lowest BCUT2D eigenvalue weighted by Crippen LogP contribution is -2.33. The van der Waals surface area contributed by atoms with Crippen molar-refractivity contribution in [3.63, 3.8) is 0 Å². The van der Waals surface area contributed by atoms with Crippen LogP contribution < -0.4 is 11.1 Å². The van der Waals surface area contributed by atoms with Crippen LogP contribution in [0.2, 0.25) is 0 Å². The van der Waals surface area contributed by atoms with Gasteiger partial charge in [-0.2, -0.15) is 0 Å². The van der Waals surface area contributed by atoms with Crippen LogP contribution in [-0.4, -0.2) is 31.4 Å². The fourth-order valence-corrected chi connectivity index (χ4v) is 2.27. The van der Waals surface area contributed by atoms with E-state index in [1.54, 1.807) is 7.11 Å². The molecule has 100 valence electrons. The molecule has 0 aliphatic rings. The minimum Gasteiger partial charge on any atom is -0.383 e. The minimum absolute atomic E-state index is 0.0277. The number of rotatable bonds is 7. The van der Waals surface area contributed by atoms with Crippen LogP contribution in [0.25, 0.3) is 0 Å². The highest BCUT2D eigenvalue weighted by Crippen LogP contribution is 2.23. The van der Waals surface area contributed by atoms with Crippen molar-refractivity contribution in [2.75, 3.05) is 20.3 Å². The van der Waals surface area contributed by atoms with E-state index < -0.39 is 0 Å². The molecule has 0 aliphatic heterocycles. The molecule has 0 saturated carbocycles. The Labute approximate surface area is 112 Å². The summed E-state index contributed by atoms with van der Waals surface area (Å²) in [6, 6.07) is 7.95. The number of benzene rings is 1. The van der Waals surface area contributed by atoms with Gasteiger partial charge in [0.15, 0.2) is 0 Å². The SMILES string of the molecule is COCCNC(=O)C(C)Sc1ccc(CN)cc1. The Kier molecular flexibility index (Phi) is 6.78. The van der Waals surface area contributed by atoms with Crippen LogP contribution in [-0.2, 0) is 16.1 Å². The zero-order valence-electron chi connectivity index (χ0n) is 10.8. The monoisotopic (exact) mass is 268 g/mol. The molecule has 0 radical (unpaired) electrons. The summed E-state index contributed by atoms with van der Waals surface area (Å²) in [6.45, 7) is 3.52. The van der Waals surface area contributed by atoms with Crippen molar-refractivity contribution in [3.05, 3.63) is 29.8 Å². The van der Waals surface area contributed by atoms with E-state index >= 15 is 0 Å². The Hall–Kier alpha value is -1.04. The Morgan fingerprint density at radius 1 is 1.44 bits per heavy atom. The van der Waals surface area contributed by atoms with E-state index in [1.807, 2.05) is 31.2 Å². The highest BCUT2D eigenvalue weighted by molar-refractivity contribution is 8.00. The summed E-state index contributed by atoms with van der Waals surface area (Å²) in [5.41, 5.74) is 6.63. The number of thioether (sulfide) groups is 1. The van der Waals surface area contributed by atoms with Crippen LogP contribution in [0.5, 0.6) is 0 Å². The first-order chi connectivity index (χ1) is 8.67. The minimum atomic E-state index is -0.120. The van der Waals surface area contributed by atoms with E-state index in [1.165, 1.54) is 11.8 Å². The molecule has 0 aliphatic carbocycles. The highest BCUT2D eigenvalue weighted by Gasteiger charge is 2.13. The lowest BCUT2D eigenvalue weighted by atomic mass is 10.2.